The van der Waals surface area contributed by atoms with Crippen LogP contribution in [0.3, 0.4) is 0 Å². The van der Waals surface area contributed by atoms with Crippen LogP contribution in [0.15, 0.2) is 24.3 Å². The smallest absolute Gasteiger partial charge is 0.268 e. The molecule has 2 fully saturated rings. The van der Waals surface area contributed by atoms with Gasteiger partial charge in [-0.2, -0.15) is 0 Å². The van der Waals surface area contributed by atoms with Crippen LogP contribution >= 0.6 is 12.4 Å². The third-order valence-corrected chi connectivity index (χ3v) is 5.31. The lowest BCUT2D eigenvalue weighted by Crippen LogP contribution is -2.52. The van der Waals surface area contributed by atoms with Crippen LogP contribution < -0.4 is 15.0 Å². The Bertz CT molecular complexity index is 655. The molecule has 3 unspecified atom stereocenters. The van der Waals surface area contributed by atoms with Gasteiger partial charge in [-0.15, -0.1) is 12.4 Å². The van der Waals surface area contributed by atoms with Crippen molar-refractivity contribution in [3.05, 3.63) is 24.3 Å². The van der Waals surface area contributed by atoms with Gasteiger partial charge in [-0.25, -0.2) is 0 Å². The molecule has 7 heteroatoms. The third-order valence-electron chi connectivity index (χ3n) is 5.31. The van der Waals surface area contributed by atoms with Gasteiger partial charge in [-0.1, -0.05) is 12.1 Å². The minimum Gasteiger partial charge on any atom is -0.479 e. The quantitative estimate of drug-likeness (QED) is 0.864. The topological polar surface area (TPSA) is 61.9 Å². The normalized spacial score (nSPS) is 27.9. The highest BCUT2D eigenvalue weighted by atomic mass is 35.5. The van der Waals surface area contributed by atoms with Crippen LogP contribution in [0.2, 0.25) is 0 Å². The maximum atomic E-state index is 13.0. The molecule has 2 amide bonds. The average molecular weight is 366 g/mol. The van der Waals surface area contributed by atoms with Crippen LogP contribution in [0, 0.1) is 0 Å². The van der Waals surface area contributed by atoms with E-state index in [1.165, 1.54) is 0 Å². The Morgan fingerprint density at radius 2 is 2.00 bits per heavy atom. The number of fused-ring (bicyclic) bond motifs is 3. The largest absolute Gasteiger partial charge is 0.479 e. The van der Waals surface area contributed by atoms with E-state index in [0.717, 1.165) is 32.4 Å². The fourth-order valence-corrected chi connectivity index (χ4v) is 4.13. The molecule has 1 N–H and O–H groups in total. The van der Waals surface area contributed by atoms with E-state index in [0.29, 0.717) is 17.5 Å². The number of carbonyl (C=O) groups is 2. The molecule has 0 aromatic heterocycles. The van der Waals surface area contributed by atoms with Gasteiger partial charge in [0.1, 0.15) is 12.3 Å². The van der Waals surface area contributed by atoms with Crippen LogP contribution in [-0.2, 0) is 9.59 Å². The molecule has 1 aromatic rings. The second kappa shape index (κ2) is 7.22. The predicted octanol–water partition coefficient (Wildman–Crippen LogP) is 1.58. The van der Waals surface area contributed by atoms with Crippen molar-refractivity contribution in [2.24, 2.45) is 0 Å². The van der Waals surface area contributed by atoms with Crippen molar-refractivity contribution < 1.29 is 14.3 Å². The molecule has 4 rings (SSSR count). The molecule has 25 heavy (non-hydrogen) atoms. The second-order valence-electron chi connectivity index (χ2n) is 6.83. The van der Waals surface area contributed by atoms with E-state index >= 15 is 0 Å². The number of nitrogens with one attached hydrogen (secondary N) is 1. The minimum absolute atomic E-state index is 0. The standard InChI is InChI=1S/C18H23N3O3.ClH/c1-12-18(23)20(15-4-2-3-5-16(15)24-12)11-17(22)21-13-6-7-14(21)10-19-9-8-13;/h2-5,12-14,19H,6-11H2,1H3;1H. The van der Waals surface area contributed by atoms with Gasteiger partial charge in [0.2, 0.25) is 5.91 Å². The average Bonchev–Trinajstić information content (AvgIpc) is 2.84. The van der Waals surface area contributed by atoms with Crippen molar-refractivity contribution in [1.29, 1.82) is 0 Å². The summed E-state index contributed by atoms with van der Waals surface area (Å²) in [4.78, 5) is 29.2. The monoisotopic (exact) mass is 365 g/mol. The molecule has 0 spiro atoms. The first-order valence-corrected chi connectivity index (χ1v) is 8.74. The maximum Gasteiger partial charge on any atom is 0.268 e. The molecule has 2 bridgehead atoms. The number of hydrogen-bond acceptors (Lipinski definition) is 4. The van der Waals surface area contributed by atoms with Crippen LogP contribution in [0.1, 0.15) is 26.2 Å². The van der Waals surface area contributed by atoms with E-state index in [-0.39, 0.29) is 36.8 Å². The highest BCUT2D eigenvalue weighted by molar-refractivity contribution is 6.03. The molecule has 3 heterocycles. The van der Waals surface area contributed by atoms with Crippen molar-refractivity contribution in [3.8, 4) is 5.75 Å². The molecule has 0 aliphatic carbocycles. The van der Waals surface area contributed by atoms with Crippen LogP contribution in [-0.4, -0.2) is 54.5 Å². The van der Waals surface area contributed by atoms with Crippen molar-refractivity contribution in [1.82, 2.24) is 10.2 Å². The lowest BCUT2D eigenvalue weighted by molar-refractivity contribution is -0.135. The number of benzene rings is 1. The highest BCUT2D eigenvalue weighted by Gasteiger charge is 2.40. The van der Waals surface area contributed by atoms with E-state index in [1.54, 1.807) is 11.8 Å². The van der Waals surface area contributed by atoms with Gasteiger partial charge in [0.15, 0.2) is 6.10 Å². The molecule has 1 aromatic carbocycles. The van der Waals surface area contributed by atoms with Gasteiger partial charge in [-0.3, -0.25) is 14.5 Å². The molecular weight excluding hydrogens is 342 g/mol. The molecule has 6 nitrogen and oxygen atoms in total. The maximum absolute atomic E-state index is 13.0. The van der Waals surface area contributed by atoms with Gasteiger partial charge in [0, 0.05) is 18.6 Å². The van der Waals surface area contributed by atoms with Crippen molar-refractivity contribution in [3.63, 3.8) is 0 Å². The van der Waals surface area contributed by atoms with Crippen molar-refractivity contribution in [2.45, 2.75) is 44.4 Å². The van der Waals surface area contributed by atoms with Crippen LogP contribution in [0.5, 0.6) is 5.75 Å². The summed E-state index contributed by atoms with van der Waals surface area (Å²) in [6.45, 7) is 3.64. The van der Waals surface area contributed by atoms with Crippen LogP contribution in [0.25, 0.3) is 0 Å². The number of rotatable bonds is 2. The van der Waals surface area contributed by atoms with Crippen molar-refractivity contribution >= 4 is 29.9 Å². The summed E-state index contributed by atoms with van der Waals surface area (Å²) in [7, 11) is 0. The number of anilines is 1. The third kappa shape index (κ3) is 3.20. The Kier molecular flexibility index (Phi) is 5.20. The summed E-state index contributed by atoms with van der Waals surface area (Å²) in [6, 6.07) is 7.99. The molecule has 3 atom stereocenters. The van der Waals surface area contributed by atoms with Gasteiger partial charge < -0.3 is 15.0 Å². The zero-order valence-corrected chi connectivity index (χ0v) is 15.1. The summed E-state index contributed by atoms with van der Waals surface area (Å²) >= 11 is 0. The zero-order chi connectivity index (χ0) is 16.7. The summed E-state index contributed by atoms with van der Waals surface area (Å²) in [6.07, 6.45) is 2.55. The molecule has 136 valence electrons. The number of carbonyl (C=O) groups excluding carboxylic acids is 2. The number of halogens is 1. The Hall–Kier alpha value is -1.79. The minimum atomic E-state index is -0.560. The lowest BCUT2D eigenvalue weighted by Gasteiger charge is -2.35. The van der Waals surface area contributed by atoms with Gasteiger partial charge in [0.05, 0.1) is 5.69 Å². The summed E-state index contributed by atoms with van der Waals surface area (Å²) in [5, 5.41) is 3.40. The Morgan fingerprint density at radius 3 is 2.84 bits per heavy atom. The fourth-order valence-electron chi connectivity index (χ4n) is 4.13. The SMILES string of the molecule is CC1Oc2ccccc2N(CC(=O)N2C3CCNCC2CC3)C1=O.Cl. The van der Waals surface area contributed by atoms with Gasteiger partial charge in [-0.05, 0) is 44.9 Å². The van der Waals surface area contributed by atoms with Gasteiger partial charge in [0.25, 0.3) is 5.91 Å². The summed E-state index contributed by atoms with van der Waals surface area (Å²) in [5.41, 5.74) is 0.689. The first-order valence-electron chi connectivity index (χ1n) is 8.74. The summed E-state index contributed by atoms with van der Waals surface area (Å²) in [5.74, 6) is 0.559. The Balaban J connectivity index is 0.00000182. The van der Waals surface area contributed by atoms with E-state index in [4.69, 9.17) is 4.74 Å². The molecule has 0 saturated carbocycles. The molecule has 2 saturated heterocycles. The first kappa shape index (κ1) is 18.0. The molecule has 3 aliphatic rings. The fraction of sp³-hybridized carbons (Fsp3) is 0.556. The number of amides is 2. The van der Waals surface area contributed by atoms with E-state index in [2.05, 4.69) is 5.32 Å². The highest BCUT2D eigenvalue weighted by Crippen LogP contribution is 2.34. The lowest BCUT2D eigenvalue weighted by atomic mass is 10.1. The van der Waals surface area contributed by atoms with Crippen LogP contribution in [0.4, 0.5) is 5.69 Å². The molecular formula is C18H24ClN3O3. The predicted molar refractivity (Wildman–Crippen MR) is 97.3 cm³/mol. The van der Waals surface area contributed by atoms with E-state index in [1.807, 2.05) is 29.2 Å². The van der Waals surface area contributed by atoms with Gasteiger partial charge >= 0.3 is 0 Å². The van der Waals surface area contributed by atoms with E-state index < -0.39 is 6.10 Å². The Labute approximate surface area is 153 Å². The van der Waals surface area contributed by atoms with E-state index in [9.17, 15) is 9.59 Å². The molecule has 0 radical (unpaired) electrons. The summed E-state index contributed by atoms with van der Waals surface area (Å²) < 4.78 is 5.65. The molecule has 3 aliphatic heterocycles. The second-order valence-corrected chi connectivity index (χ2v) is 6.83. The zero-order valence-electron chi connectivity index (χ0n) is 14.3. The number of ether oxygens (including phenoxy) is 1. The number of hydrogen-bond donors (Lipinski definition) is 1. The number of nitrogens with zero attached hydrogens (tertiary/aromatic N) is 2. The Morgan fingerprint density at radius 1 is 1.24 bits per heavy atom. The number of para-hydroxylation sites is 2. The first-order chi connectivity index (χ1) is 11.6. The van der Waals surface area contributed by atoms with Crippen molar-refractivity contribution in [2.75, 3.05) is 24.5 Å².